The fourth-order valence-corrected chi connectivity index (χ4v) is 1.79. The van der Waals surface area contributed by atoms with Gasteiger partial charge in [-0.2, -0.15) is 5.10 Å². The van der Waals surface area contributed by atoms with Gasteiger partial charge in [0, 0.05) is 13.6 Å². The first-order valence-corrected chi connectivity index (χ1v) is 4.93. The summed E-state index contributed by atoms with van der Waals surface area (Å²) in [7, 11) is 7.90. The minimum Gasteiger partial charge on any atom is -0.311 e. The summed E-state index contributed by atoms with van der Waals surface area (Å²) < 4.78 is 1.81. The van der Waals surface area contributed by atoms with Crippen molar-refractivity contribution in [2.75, 3.05) is 27.7 Å². The van der Waals surface area contributed by atoms with E-state index in [1.165, 1.54) is 0 Å². The van der Waals surface area contributed by atoms with Gasteiger partial charge in [-0.3, -0.25) is 4.68 Å². The van der Waals surface area contributed by atoms with Gasteiger partial charge in [-0.15, -0.1) is 0 Å². The molecule has 1 aromatic heterocycles. The second-order valence-electron chi connectivity index (χ2n) is 3.60. The third-order valence-corrected chi connectivity index (χ3v) is 2.46. The molecule has 0 aliphatic heterocycles. The Morgan fingerprint density at radius 3 is 2.64 bits per heavy atom. The van der Waals surface area contributed by atoms with Crippen molar-refractivity contribution in [3.8, 4) is 0 Å². The first-order valence-electron chi connectivity index (χ1n) is 4.55. The standard InChI is InChI=1S/C9H17ClN4/c1-11-8(6-13(2)3)9-7(10)5-12-14(9)4/h5,8,11H,6H2,1-4H3. The van der Waals surface area contributed by atoms with Crippen LogP contribution in [0.1, 0.15) is 11.7 Å². The van der Waals surface area contributed by atoms with Crippen LogP contribution in [0.25, 0.3) is 0 Å². The van der Waals surface area contributed by atoms with Gasteiger partial charge in [0.05, 0.1) is 23.0 Å². The highest BCUT2D eigenvalue weighted by molar-refractivity contribution is 6.31. The second kappa shape index (κ2) is 4.77. The minimum absolute atomic E-state index is 0.213. The van der Waals surface area contributed by atoms with Crippen molar-refractivity contribution < 1.29 is 0 Å². The van der Waals surface area contributed by atoms with Gasteiger partial charge in [-0.05, 0) is 21.1 Å². The average molecular weight is 217 g/mol. The SMILES string of the molecule is CNC(CN(C)C)c1c(Cl)cnn1C. The molecule has 1 unspecified atom stereocenters. The lowest BCUT2D eigenvalue weighted by Crippen LogP contribution is -2.30. The van der Waals surface area contributed by atoms with Crippen LogP contribution in [0.2, 0.25) is 5.02 Å². The first-order chi connectivity index (χ1) is 6.56. The number of likely N-dealkylation sites (N-methyl/N-ethyl adjacent to an activating group) is 2. The zero-order valence-electron chi connectivity index (χ0n) is 9.08. The van der Waals surface area contributed by atoms with Crippen LogP contribution in [0.5, 0.6) is 0 Å². The van der Waals surface area contributed by atoms with Crippen LogP contribution in [0, 0.1) is 0 Å². The van der Waals surface area contributed by atoms with Gasteiger partial charge in [0.15, 0.2) is 0 Å². The molecule has 1 atom stereocenters. The number of hydrogen-bond donors (Lipinski definition) is 1. The summed E-state index contributed by atoms with van der Waals surface area (Å²) in [6.07, 6.45) is 1.68. The topological polar surface area (TPSA) is 33.1 Å². The number of rotatable bonds is 4. The Labute approximate surface area is 89.8 Å². The zero-order valence-corrected chi connectivity index (χ0v) is 9.84. The van der Waals surface area contributed by atoms with Crippen LogP contribution in [-0.2, 0) is 7.05 Å². The van der Waals surface area contributed by atoms with E-state index in [0.29, 0.717) is 5.02 Å². The fourth-order valence-electron chi connectivity index (χ4n) is 1.49. The molecule has 0 aliphatic rings. The highest BCUT2D eigenvalue weighted by Gasteiger charge is 2.17. The third kappa shape index (κ3) is 2.47. The fraction of sp³-hybridized carbons (Fsp3) is 0.667. The molecule has 1 heterocycles. The van der Waals surface area contributed by atoms with Gasteiger partial charge < -0.3 is 10.2 Å². The van der Waals surface area contributed by atoms with Gasteiger partial charge in [-0.1, -0.05) is 11.6 Å². The summed E-state index contributed by atoms with van der Waals surface area (Å²) >= 11 is 6.06. The third-order valence-electron chi connectivity index (χ3n) is 2.16. The number of halogens is 1. The van der Waals surface area contributed by atoms with E-state index in [2.05, 4.69) is 15.3 Å². The first kappa shape index (κ1) is 11.5. The quantitative estimate of drug-likeness (QED) is 0.812. The molecule has 5 heteroatoms. The molecular formula is C9H17ClN4. The molecule has 0 bridgehead atoms. The van der Waals surface area contributed by atoms with Gasteiger partial charge in [0.1, 0.15) is 0 Å². The summed E-state index contributed by atoms with van der Waals surface area (Å²) in [5.74, 6) is 0. The summed E-state index contributed by atoms with van der Waals surface area (Å²) in [6.45, 7) is 0.899. The number of nitrogens with one attached hydrogen (secondary N) is 1. The van der Waals surface area contributed by atoms with E-state index in [9.17, 15) is 0 Å². The largest absolute Gasteiger partial charge is 0.311 e. The van der Waals surface area contributed by atoms with Gasteiger partial charge in [0.25, 0.3) is 0 Å². The Balaban J connectivity index is 2.88. The van der Waals surface area contributed by atoms with Crippen molar-refractivity contribution in [2.45, 2.75) is 6.04 Å². The summed E-state index contributed by atoms with van der Waals surface area (Å²) in [4.78, 5) is 2.12. The van der Waals surface area contributed by atoms with Crippen molar-refractivity contribution in [1.82, 2.24) is 20.0 Å². The van der Waals surface area contributed by atoms with Crippen LogP contribution in [0.4, 0.5) is 0 Å². The Bertz CT molecular complexity index is 276. The summed E-state index contributed by atoms with van der Waals surface area (Å²) in [6, 6.07) is 0.213. The molecule has 14 heavy (non-hydrogen) atoms. The monoisotopic (exact) mass is 216 g/mol. The van der Waals surface area contributed by atoms with E-state index in [1.807, 2.05) is 32.9 Å². The van der Waals surface area contributed by atoms with Crippen LogP contribution in [0.15, 0.2) is 6.20 Å². The maximum absolute atomic E-state index is 6.06. The molecule has 0 aliphatic carbocycles. The maximum atomic E-state index is 6.06. The van der Waals surface area contributed by atoms with Crippen LogP contribution < -0.4 is 5.32 Å². The second-order valence-corrected chi connectivity index (χ2v) is 4.01. The molecular weight excluding hydrogens is 200 g/mol. The van der Waals surface area contributed by atoms with Crippen molar-refractivity contribution >= 4 is 11.6 Å². The van der Waals surface area contributed by atoms with E-state index in [-0.39, 0.29) is 6.04 Å². The van der Waals surface area contributed by atoms with E-state index < -0.39 is 0 Å². The van der Waals surface area contributed by atoms with Crippen molar-refractivity contribution in [3.63, 3.8) is 0 Å². The van der Waals surface area contributed by atoms with Gasteiger partial charge >= 0.3 is 0 Å². The molecule has 4 nitrogen and oxygen atoms in total. The van der Waals surface area contributed by atoms with Crippen LogP contribution in [0.3, 0.4) is 0 Å². The molecule has 0 saturated carbocycles. The van der Waals surface area contributed by atoms with E-state index in [1.54, 1.807) is 6.20 Å². The van der Waals surface area contributed by atoms with Gasteiger partial charge in [-0.25, -0.2) is 0 Å². The zero-order chi connectivity index (χ0) is 10.7. The molecule has 0 saturated heterocycles. The average Bonchev–Trinajstić information content (AvgIpc) is 2.43. The van der Waals surface area contributed by atoms with E-state index in [4.69, 9.17) is 11.6 Å². The molecule has 0 spiro atoms. The molecule has 80 valence electrons. The molecule has 1 N–H and O–H groups in total. The number of aryl methyl sites for hydroxylation is 1. The predicted octanol–water partition coefficient (Wildman–Crippen LogP) is 0.896. The lowest BCUT2D eigenvalue weighted by Gasteiger charge is -2.21. The molecule has 0 amide bonds. The Hall–Kier alpha value is -0.580. The Kier molecular flexibility index (Phi) is 3.92. The van der Waals surface area contributed by atoms with E-state index in [0.717, 1.165) is 12.2 Å². The molecule has 1 rings (SSSR count). The van der Waals surface area contributed by atoms with Crippen molar-refractivity contribution in [2.24, 2.45) is 7.05 Å². The van der Waals surface area contributed by atoms with Crippen LogP contribution in [-0.4, -0.2) is 42.4 Å². The predicted molar refractivity (Wildman–Crippen MR) is 58.6 cm³/mol. The van der Waals surface area contributed by atoms with E-state index >= 15 is 0 Å². The number of aromatic nitrogens is 2. The number of nitrogens with zero attached hydrogens (tertiary/aromatic N) is 3. The highest BCUT2D eigenvalue weighted by atomic mass is 35.5. The van der Waals surface area contributed by atoms with Crippen molar-refractivity contribution in [3.05, 3.63) is 16.9 Å². The molecule has 1 aromatic rings. The van der Waals surface area contributed by atoms with Crippen LogP contribution >= 0.6 is 11.6 Å². The lowest BCUT2D eigenvalue weighted by molar-refractivity contribution is 0.343. The van der Waals surface area contributed by atoms with Crippen molar-refractivity contribution in [1.29, 1.82) is 0 Å². The van der Waals surface area contributed by atoms with Gasteiger partial charge in [0.2, 0.25) is 0 Å². The normalized spacial score (nSPS) is 13.6. The highest BCUT2D eigenvalue weighted by Crippen LogP contribution is 2.21. The molecule has 0 radical (unpaired) electrons. The Morgan fingerprint density at radius 2 is 2.29 bits per heavy atom. The summed E-state index contributed by atoms with van der Waals surface area (Å²) in [5.41, 5.74) is 1.03. The lowest BCUT2D eigenvalue weighted by atomic mass is 10.2. The smallest absolute Gasteiger partial charge is 0.0834 e. The maximum Gasteiger partial charge on any atom is 0.0834 e. The molecule has 0 fully saturated rings. The minimum atomic E-state index is 0.213. The Morgan fingerprint density at radius 1 is 1.64 bits per heavy atom. The molecule has 0 aromatic carbocycles. The number of hydrogen-bond acceptors (Lipinski definition) is 3. The summed E-state index contributed by atoms with van der Waals surface area (Å²) in [5, 5.41) is 8.07.